The quantitative estimate of drug-likeness (QED) is 0.306. The second-order valence-electron chi connectivity index (χ2n) is 7.92. The Bertz CT molecular complexity index is 656. The smallest absolute Gasteiger partial charge is 0.239 e. The van der Waals surface area contributed by atoms with Crippen LogP contribution in [-0.4, -0.2) is 55.5 Å². The van der Waals surface area contributed by atoms with Crippen molar-refractivity contribution in [1.29, 1.82) is 0 Å². The highest BCUT2D eigenvalue weighted by molar-refractivity contribution is 14.0. The molecular formula is C20H33ClIN5O. The average Bonchev–Trinajstić information content (AvgIpc) is 3.10. The highest BCUT2D eigenvalue weighted by Crippen LogP contribution is 2.26. The lowest BCUT2D eigenvalue weighted by Gasteiger charge is -2.29. The number of hydrogen-bond acceptors (Lipinski definition) is 3. The summed E-state index contributed by atoms with van der Waals surface area (Å²) in [5.41, 5.74) is 0.946. The van der Waals surface area contributed by atoms with Gasteiger partial charge in [-0.15, -0.1) is 24.0 Å². The van der Waals surface area contributed by atoms with Gasteiger partial charge >= 0.3 is 0 Å². The summed E-state index contributed by atoms with van der Waals surface area (Å²) >= 11 is 6.20. The molecule has 1 aliphatic rings. The van der Waals surface area contributed by atoms with Crippen LogP contribution >= 0.6 is 35.6 Å². The van der Waals surface area contributed by atoms with Gasteiger partial charge in [0, 0.05) is 24.2 Å². The van der Waals surface area contributed by atoms with E-state index in [2.05, 4.69) is 31.9 Å². The van der Waals surface area contributed by atoms with Gasteiger partial charge in [-0.1, -0.05) is 23.7 Å². The Morgan fingerprint density at radius 2 is 1.93 bits per heavy atom. The van der Waals surface area contributed by atoms with Crippen LogP contribution in [0, 0.1) is 0 Å². The van der Waals surface area contributed by atoms with E-state index >= 15 is 0 Å². The number of carbonyl (C=O) groups excluding carboxylic acids is 1. The van der Waals surface area contributed by atoms with Crippen LogP contribution in [0.4, 0.5) is 0 Å². The Balaban J connectivity index is 0.00000392. The number of rotatable bonds is 6. The van der Waals surface area contributed by atoms with Gasteiger partial charge in [-0.25, -0.2) is 0 Å². The third-order valence-corrected chi connectivity index (χ3v) is 4.67. The monoisotopic (exact) mass is 521 g/mol. The van der Waals surface area contributed by atoms with Gasteiger partial charge in [-0.05, 0) is 64.4 Å². The lowest BCUT2D eigenvalue weighted by molar-refractivity contribution is -0.121. The topological polar surface area (TPSA) is 68.8 Å². The molecule has 1 aromatic carbocycles. The largest absolute Gasteiger partial charge is 0.354 e. The number of likely N-dealkylation sites (tertiary alicyclic amines) is 1. The minimum absolute atomic E-state index is 0. The maximum Gasteiger partial charge on any atom is 0.239 e. The van der Waals surface area contributed by atoms with Crippen LogP contribution in [0.15, 0.2) is 29.3 Å². The molecule has 3 N–H and O–H groups in total. The normalized spacial score (nSPS) is 16.2. The summed E-state index contributed by atoms with van der Waals surface area (Å²) in [6.45, 7) is 8.93. The number of aliphatic imine (C=N–C) groups is 1. The molecule has 1 amide bonds. The Hall–Kier alpha value is -1.06. The zero-order valence-corrected chi connectivity index (χ0v) is 20.3. The third-order valence-electron chi connectivity index (χ3n) is 4.43. The molecule has 0 aliphatic carbocycles. The summed E-state index contributed by atoms with van der Waals surface area (Å²) in [5.74, 6) is 0.557. The number of nitrogens with zero attached hydrogens (tertiary/aromatic N) is 2. The molecule has 1 fully saturated rings. The molecule has 0 aromatic heterocycles. The molecule has 1 unspecified atom stereocenters. The standard InChI is InChI=1S/C20H32ClN5O.HI/c1-20(2,3)25-18(27)14-24-19(22-4)23-13-17(26-10-5-6-11-26)15-8-7-9-16(21)12-15;/h7-9,12,17H,5-6,10-11,13-14H2,1-4H3,(H,25,27)(H2,22,23,24);1H. The zero-order chi connectivity index (χ0) is 19.9. The first-order valence-electron chi connectivity index (χ1n) is 9.53. The summed E-state index contributed by atoms with van der Waals surface area (Å²) in [5, 5.41) is 10.1. The molecule has 28 heavy (non-hydrogen) atoms. The van der Waals surface area contributed by atoms with Crippen LogP contribution in [0.2, 0.25) is 5.02 Å². The highest BCUT2D eigenvalue weighted by Gasteiger charge is 2.24. The number of benzene rings is 1. The molecule has 0 spiro atoms. The van der Waals surface area contributed by atoms with Crippen molar-refractivity contribution in [2.24, 2.45) is 4.99 Å². The predicted molar refractivity (Wildman–Crippen MR) is 128 cm³/mol. The van der Waals surface area contributed by atoms with E-state index < -0.39 is 0 Å². The van der Waals surface area contributed by atoms with E-state index in [0.29, 0.717) is 12.5 Å². The summed E-state index contributed by atoms with van der Waals surface area (Å²) in [6, 6.07) is 8.24. The summed E-state index contributed by atoms with van der Waals surface area (Å²) in [7, 11) is 1.71. The molecular weight excluding hydrogens is 489 g/mol. The average molecular weight is 522 g/mol. The zero-order valence-electron chi connectivity index (χ0n) is 17.2. The Morgan fingerprint density at radius 3 is 2.50 bits per heavy atom. The van der Waals surface area contributed by atoms with Crippen LogP contribution in [0.5, 0.6) is 0 Å². The molecule has 1 saturated heterocycles. The summed E-state index contributed by atoms with van der Waals surface area (Å²) < 4.78 is 0. The fourth-order valence-corrected chi connectivity index (χ4v) is 3.46. The molecule has 8 heteroatoms. The maximum absolute atomic E-state index is 12.0. The number of halogens is 2. The van der Waals surface area contributed by atoms with Crippen molar-refractivity contribution in [1.82, 2.24) is 20.9 Å². The Morgan fingerprint density at radius 1 is 1.25 bits per heavy atom. The number of hydrogen-bond donors (Lipinski definition) is 3. The van der Waals surface area contributed by atoms with Crippen LogP contribution in [-0.2, 0) is 4.79 Å². The van der Waals surface area contributed by atoms with Crippen LogP contribution in [0.1, 0.15) is 45.2 Å². The lowest BCUT2D eigenvalue weighted by Crippen LogP contribution is -2.49. The molecule has 0 saturated carbocycles. The van der Waals surface area contributed by atoms with Crippen molar-refractivity contribution in [2.75, 3.05) is 33.2 Å². The van der Waals surface area contributed by atoms with Gasteiger partial charge in [0.25, 0.3) is 0 Å². The van der Waals surface area contributed by atoms with Crippen molar-refractivity contribution in [3.05, 3.63) is 34.9 Å². The molecule has 158 valence electrons. The van der Waals surface area contributed by atoms with E-state index in [1.54, 1.807) is 7.05 Å². The first kappa shape index (κ1) is 25.0. The second-order valence-corrected chi connectivity index (χ2v) is 8.36. The minimum Gasteiger partial charge on any atom is -0.354 e. The third kappa shape index (κ3) is 8.53. The van der Waals surface area contributed by atoms with E-state index in [0.717, 1.165) is 18.1 Å². The molecule has 2 rings (SSSR count). The first-order chi connectivity index (χ1) is 12.8. The van der Waals surface area contributed by atoms with Crippen LogP contribution in [0.3, 0.4) is 0 Å². The van der Waals surface area contributed by atoms with Gasteiger partial charge in [0.2, 0.25) is 5.91 Å². The number of carbonyl (C=O) groups is 1. The van der Waals surface area contributed by atoms with Gasteiger partial charge < -0.3 is 16.0 Å². The van der Waals surface area contributed by atoms with Gasteiger partial charge in [0.15, 0.2) is 5.96 Å². The molecule has 0 radical (unpaired) electrons. The van der Waals surface area contributed by atoms with Gasteiger partial charge in [-0.3, -0.25) is 14.7 Å². The predicted octanol–water partition coefficient (Wildman–Crippen LogP) is 3.17. The van der Waals surface area contributed by atoms with E-state index in [4.69, 9.17) is 11.6 Å². The second kappa shape index (κ2) is 11.8. The van der Waals surface area contributed by atoms with Crippen LogP contribution in [0.25, 0.3) is 0 Å². The van der Waals surface area contributed by atoms with Crippen molar-refractivity contribution < 1.29 is 4.79 Å². The summed E-state index contributed by atoms with van der Waals surface area (Å²) in [6.07, 6.45) is 2.44. The first-order valence-corrected chi connectivity index (χ1v) is 9.91. The minimum atomic E-state index is -0.247. The SMILES string of the molecule is CN=C(NCC(=O)NC(C)(C)C)NCC(c1cccc(Cl)c1)N1CCCC1.I. The van der Waals surface area contributed by atoms with Gasteiger partial charge in [0.1, 0.15) is 0 Å². The molecule has 6 nitrogen and oxygen atoms in total. The Labute approximate surface area is 190 Å². The van der Waals surface area contributed by atoms with Crippen molar-refractivity contribution in [3.8, 4) is 0 Å². The number of amides is 1. The van der Waals surface area contributed by atoms with Crippen molar-refractivity contribution in [3.63, 3.8) is 0 Å². The summed E-state index contributed by atoms with van der Waals surface area (Å²) in [4.78, 5) is 18.7. The lowest BCUT2D eigenvalue weighted by atomic mass is 10.1. The highest BCUT2D eigenvalue weighted by atomic mass is 127. The number of nitrogens with one attached hydrogen (secondary N) is 3. The van der Waals surface area contributed by atoms with Gasteiger partial charge in [0.05, 0.1) is 12.6 Å². The number of guanidine groups is 1. The van der Waals surface area contributed by atoms with E-state index in [1.807, 2.05) is 39.0 Å². The van der Waals surface area contributed by atoms with Gasteiger partial charge in [-0.2, -0.15) is 0 Å². The van der Waals surface area contributed by atoms with E-state index in [-0.39, 0.29) is 48.0 Å². The fraction of sp³-hybridized carbons (Fsp3) is 0.600. The van der Waals surface area contributed by atoms with Crippen LogP contribution < -0.4 is 16.0 Å². The fourth-order valence-electron chi connectivity index (χ4n) is 3.27. The maximum atomic E-state index is 12.0. The van der Waals surface area contributed by atoms with E-state index in [9.17, 15) is 4.79 Å². The van der Waals surface area contributed by atoms with Crippen molar-refractivity contribution >= 4 is 47.4 Å². The molecule has 1 aromatic rings. The molecule has 1 aliphatic heterocycles. The van der Waals surface area contributed by atoms with Crippen molar-refractivity contribution in [2.45, 2.75) is 45.2 Å². The Kier molecular flexibility index (Phi) is 10.5. The van der Waals surface area contributed by atoms with E-state index in [1.165, 1.54) is 18.4 Å². The molecule has 1 atom stereocenters. The molecule has 1 heterocycles. The molecule has 0 bridgehead atoms.